The van der Waals surface area contributed by atoms with Crippen molar-refractivity contribution in [3.05, 3.63) is 42.5 Å². The lowest BCUT2D eigenvalue weighted by atomic mass is 10.0. The Hall–Kier alpha value is -3.32. The van der Waals surface area contributed by atoms with E-state index in [2.05, 4.69) is 25.6 Å². The number of methoxy groups -OCH3 is 1. The first-order valence-electron chi connectivity index (χ1n) is 11.9. The molecule has 2 fully saturated rings. The number of aliphatic hydroxyl groups excluding tert-OH is 1. The summed E-state index contributed by atoms with van der Waals surface area (Å²) in [7, 11) is 5.38. The Labute approximate surface area is 208 Å². The first-order chi connectivity index (χ1) is 17.4. The van der Waals surface area contributed by atoms with E-state index in [9.17, 15) is 9.90 Å². The van der Waals surface area contributed by atoms with Gasteiger partial charge in [0.15, 0.2) is 23.2 Å². The number of imidazole rings is 1. The number of aliphatic hydroxyl groups is 1. The smallest absolute Gasteiger partial charge is 0.237 e. The summed E-state index contributed by atoms with van der Waals surface area (Å²) in [6, 6.07) is 6.49. The third kappa shape index (κ3) is 4.48. The average molecular weight is 498 g/mol. The van der Waals surface area contributed by atoms with Crippen molar-refractivity contribution < 1.29 is 24.1 Å². The average Bonchev–Trinajstić information content (AvgIpc) is 3.44. The van der Waals surface area contributed by atoms with Crippen molar-refractivity contribution >= 4 is 22.9 Å². The third-order valence-corrected chi connectivity index (χ3v) is 6.59. The number of carbonyl (C=O) groups excluding carboxylic acids is 1. The molecule has 12 heteroatoms. The molecule has 3 aromatic rings. The minimum absolute atomic E-state index is 0.189. The lowest BCUT2D eigenvalue weighted by Crippen LogP contribution is -2.60. The third-order valence-electron chi connectivity index (χ3n) is 6.59. The molecule has 4 unspecified atom stereocenters. The van der Waals surface area contributed by atoms with Gasteiger partial charge in [0, 0.05) is 14.1 Å². The number of hydrogen-bond acceptors (Lipinski definition) is 10. The number of amides is 1. The van der Waals surface area contributed by atoms with Crippen molar-refractivity contribution in [3.8, 4) is 5.75 Å². The standard InChI is InChI=1S/C24H31N7O5/c1-13-28-16(9-14-5-7-15(34-4)8-6-14)23(33)29-18-17(10-32)36-24(20(18)35-13)31-12-27-19-21(30(2)3)25-11-26-22(19)31/h5-8,11-13,16-18,20,24,28,32H,9-10H2,1-4H3,(H,29,33)/t13?,16?,17-,18?,20?,24-/m1/s1. The van der Waals surface area contributed by atoms with Crippen LogP contribution < -0.4 is 20.3 Å². The molecule has 1 aromatic carbocycles. The molecule has 192 valence electrons. The summed E-state index contributed by atoms with van der Waals surface area (Å²) in [4.78, 5) is 28.4. The lowest BCUT2D eigenvalue weighted by molar-refractivity contribution is -0.133. The van der Waals surface area contributed by atoms with Crippen molar-refractivity contribution in [2.75, 3.05) is 32.7 Å². The van der Waals surface area contributed by atoms with Crippen molar-refractivity contribution in [2.24, 2.45) is 0 Å². The summed E-state index contributed by atoms with van der Waals surface area (Å²) in [6.07, 6.45) is 1.19. The second-order valence-corrected chi connectivity index (χ2v) is 9.21. The van der Waals surface area contributed by atoms with Crippen LogP contribution in [-0.2, 0) is 20.7 Å². The summed E-state index contributed by atoms with van der Waals surface area (Å²) in [6.45, 7) is 1.58. The van der Waals surface area contributed by atoms with Crippen LogP contribution in [0.25, 0.3) is 11.2 Å². The highest BCUT2D eigenvalue weighted by Crippen LogP contribution is 2.35. The highest BCUT2D eigenvalue weighted by molar-refractivity contribution is 5.83. The molecule has 6 atom stereocenters. The maximum absolute atomic E-state index is 13.3. The summed E-state index contributed by atoms with van der Waals surface area (Å²) in [5.74, 6) is 1.24. The molecule has 0 saturated carbocycles. The Bertz CT molecular complexity index is 1220. The summed E-state index contributed by atoms with van der Waals surface area (Å²) in [5.41, 5.74) is 2.18. The molecular weight excluding hydrogens is 466 g/mol. The first-order valence-corrected chi connectivity index (χ1v) is 11.9. The predicted octanol–water partition coefficient (Wildman–Crippen LogP) is 0.221. The molecule has 0 bridgehead atoms. The quantitative estimate of drug-likeness (QED) is 0.434. The van der Waals surface area contributed by atoms with Crippen LogP contribution in [0.1, 0.15) is 18.7 Å². The SMILES string of the molecule is COc1ccc(CC2NC(C)OC3C(NC2=O)[C@@H](CO)O[C@H]3n2cnc3c(N(C)C)ncnc32)cc1. The monoisotopic (exact) mass is 497 g/mol. The number of benzene rings is 1. The molecule has 1 amide bonds. The van der Waals surface area contributed by atoms with Crippen LogP contribution in [0.5, 0.6) is 5.75 Å². The molecule has 4 heterocycles. The zero-order chi connectivity index (χ0) is 25.4. The molecule has 0 spiro atoms. The van der Waals surface area contributed by atoms with E-state index in [1.165, 1.54) is 6.33 Å². The fraction of sp³-hybridized carbons (Fsp3) is 0.500. The lowest BCUT2D eigenvalue weighted by Gasteiger charge is -2.34. The number of aromatic nitrogens is 4. The number of carbonyl (C=O) groups is 1. The number of nitrogens with one attached hydrogen (secondary N) is 2. The van der Waals surface area contributed by atoms with E-state index in [0.29, 0.717) is 23.4 Å². The fourth-order valence-electron chi connectivity index (χ4n) is 4.84. The molecule has 12 nitrogen and oxygen atoms in total. The number of ether oxygens (including phenoxy) is 3. The molecule has 36 heavy (non-hydrogen) atoms. The first kappa shape index (κ1) is 24.4. The van der Waals surface area contributed by atoms with Crippen LogP contribution in [0, 0.1) is 0 Å². The van der Waals surface area contributed by atoms with Crippen molar-refractivity contribution in [3.63, 3.8) is 0 Å². The highest BCUT2D eigenvalue weighted by atomic mass is 16.6. The van der Waals surface area contributed by atoms with Crippen LogP contribution in [0.2, 0.25) is 0 Å². The largest absolute Gasteiger partial charge is 0.497 e. The maximum Gasteiger partial charge on any atom is 0.237 e. The van der Waals surface area contributed by atoms with Gasteiger partial charge in [-0.25, -0.2) is 15.0 Å². The normalized spacial score (nSPS) is 28.3. The van der Waals surface area contributed by atoms with E-state index in [4.69, 9.17) is 14.2 Å². The Kier molecular flexibility index (Phi) is 6.75. The fourth-order valence-corrected chi connectivity index (χ4v) is 4.84. The van der Waals surface area contributed by atoms with Gasteiger partial charge in [0.25, 0.3) is 0 Å². The van der Waals surface area contributed by atoms with E-state index in [0.717, 1.165) is 11.3 Å². The molecule has 3 N–H and O–H groups in total. The second-order valence-electron chi connectivity index (χ2n) is 9.21. The van der Waals surface area contributed by atoms with Crippen LogP contribution in [0.15, 0.2) is 36.9 Å². The van der Waals surface area contributed by atoms with Gasteiger partial charge in [-0.1, -0.05) is 12.1 Å². The molecule has 2 aliphatic rings. The van der Waals surface area contributed by atoms with Crippen LogP contribution in [0.3, 0.4) is 0 Å². The highest BCUT2D eigenvalue weighted by Gasteiger charge is 2.49. The van der Waals surface area contributed by atoms with Crippen LogP contribution >= 0.6 is 0 Å². The van der Waals surface area contributed by atoms with Crippen LogP contribution in [0.4, 0.5) is 5.82 Å². The minimum Gasteiger partial charge on any atom is -0.497 e. The molecule has 5 rings (SSSR count). The topological polar surface area (TPSA) is 136 Å². The van der Waals surface area contributed by atoms with Crippen LogP contribution in [-0.4, -0.2) is 88.9 Å². The van der Waals surface area contributed by atoms with E-state index < -0.39 is 36.7 Å². The van der Waals surface area contributed by atoms with Crippen molar-refractivity contribution in [2.45, 2.75) is 50.1 Å². The van der Waals surface area contributed by atoms with Gasteiger partial charge in [0.2, 0.25) is 5.91 Å². The van der Waals surface area contributed by atoms with Gasteiger partial charge in [-0.2, -0.15) is 0 Å². The van der Waals surface area contributed by atoms with Gasteiger partial charge in [-0.3, -0.25) is 14.7 Å². The Morgan fingerprint density at radius 2 is 1.94 bits per heavy atom. The molecule has 2 saturated heterocycles. The molecular formula is C24H31N7O5. The Morgan fingerprint density at radius 3 is 2.64 bits per heavy atom. The molecule has 2 aromatic heterocycles. The molecule has 0 aliphatic carbocycles. The zero-order valence-corrected chi connectivity index (χ0v) is 20.7. The number of hydrogen-bond donors (Lipinski definition) is 3. The summed E-state index contributed by atoms with van der Waals surface area (Å²) in [5, 5.41) is 16.4. The van der Waals surface area contributed by atoms with Crippen molar-refractivity contribution in [1.82, 2.24) is 30.2 Å². The second kappa shape index (κ2) is 9.97. The van der Waals surface area contributed by atoms with E-state index in [1.54, 1.807) is 18.0 Å². The summed E-state index contributed by atoms with van der Waals surface area (Å²) >= 11 is 0. The van der Waals surface area contributed by atoms with Gasteiger partial charge in [0.05, 0.1) is 32.1 Å². The van der Waals surface area contributed by atoms with Gasteiger partial charge in [0.1, 0.15) is 30.5 Å². The molecule has 2 aliphatic heterocycles. The Balaban J connectivity index is 1.41. The van der Waals surface area contributed by atoms with Crippen molar-refractivity contribution in [1.29, 1.82) is 0 Å². The Morgan fingerprint density at radius 1 is 1.17 bits per heavy atom. The van der Waals surface area contributed by atoms with E-state index in [-0.39, 0.29) is 12.5 Å². The minimum atomic E-state index is -0.663. The number of anilines is 1. The van der Waals surface area contributed by atoms with Gasteiger partial charge in [-0.05, 0) is 31.0 Å². The number of nitrogens with zero attached hydrogens (tertiary/aromatic N) is 5. The predicted molar refractivity (Wildman–Crippen MR) is 131 cm³/mol. The van der Waals surface area contributed by atoms with Gasteiger partial charge in [-0.15, -0.1) is 0 Å². The molecule has 0 radical (unpaired) electrons. The number of fused-ring (bicyclic) bond motifs is 2. The zero-order valence-electron chi connectivity index (χ0n) is 20.7. The number of rotatable bonds is 6. The van der Waals surface area contributed by atoms with E-state index in [1.807, 2.05) is 50.2 Å². The van der Waals surface area contributed by atoms with E-state index >= 15 is 0 Å². The maximum atomic E-state index is 13.3. The van der Waals surface area contributed by atoms with Gasteiger partial charge >= 0.3 is 0 Å². The summed E-state index contributed by atoms with van der Waals surface area (Å²) < 4.78 is 19.6. The van der Waals surface area contributed by atoms with Gasteiger partial charge < -0.3 is 29.5 Å².